The number of fused-ring (bicyclic) bond motifs is 1. The number of ether oxygens (including phenoxy) is 2. The third-order valence-electron chi connectivity index (χ3n) is 4.90. The number of hydrogen-bond acceptors (Lipinski definition) is 5. The highest BCUT2D eigenvalue weighted by molar-refractivity contribution is 5.97. The van der Waals surface area contributed by atoms with Gasteiger partial charge in [-0.25, -0.2) is 4.79 Å². The number of carboxylic acid groups (broad SMARTS) is 1. The van der Waals surface area contributed by atoms with Gasteiger partial charge in [0.15, 0.2) is 11.4 Å². The van der Waals surface area contributed by atoms with Gasteiger partial charge >= 0.3 is 5.97 Å². The maximum Gasteiger partial charge on any atom is 0.341 e. The Balaban J connectivity index is 2.01. The van der Waals surface area contributed by atoms with Crippen LogP contribution in [-0.2, 0) is 17.9 Å². The van der Waals surface area contributed by atoms with Gasteiger partial charge in [0.2, 0.25) is 5.43 Å². The smallest absolute Gasteiger partial charge is 0.341 e. The van der Waals surface area contributed by atoms with Crippen molar-refractivity contribution in [2.24, 2.45) is 0 Å². The molecule has 0 saturated carbocycles. The van der Waals surface area contributed by atoms with Gasteiger partial charge in [0.25, 0.3) is 5.91 Å². The number of hydrogen-bond donors (Lipinski definition) is 1. The summed E-state index contributed by atoms with van der Waals surface area (Å²) >= 11 is 0. The summed E-state index contributed by atoms with van der Waals surface area (Å²) in [5.74, 6) is -1.92. The van der Waals surface area contributed by atoms with Crippen molar-refractivity contribution in [1.29, 1.82) is 0 Å². The first-order chi connectivity index (χ1) is 13.9. The number of aromatic carboxylic acids is 1. The van der Waals surface area contributed by atoms with E-state index in [1.54, 1.807) is 12.0 Å². The molecule has 1 aromatic carbocycles. The molecule has 0 saturated heterocycles. The van der Waals surface area contributed by atoms with Crippen LogP contribution >= 0.6 is 0 Å². The first-order valence-corrected chi connectivity index (χ1v) is 9.41. The molecule has 0 aliphatic carbocycles. The molecule has 0 bridgehead atoms. The number of benzene rings is 1. The van der Waals surface area contributed by atoms with Gasteiger partial charge in [-0.05, 0) is 18.9 Å². The minimum absolute atomic E-state index is 0.0542. The lowest BCUT2D eigenvalue weighted by Crippen LogP contribution is -2.48. The average molecular weight is 400 g/mol. The van der Waals surface area contributed by atoms with E-state index >= 15 is 0 Å². The van der Waals surface area contributed by atoms with Gasteiger partial charge in [-0.2, -0.15) is 0 Å². The third-order valence-corrected chi connectivity index (χ3v) is 4.90. The van der Waals surface area contributed by atoms with Gasteiger partial charge in [0, 0.05) is 39.0 Å². The van der Waals surface area contributed by atoms with Crippen LogP contribution in [0.25, 0.3) is 0 Å². The molecule has 2 heterocycles. The number of aromatic nitrogens is 1. The van der Waals surface area contributed by atoms with Gasteiger partial charge < -0.3 is 24.0 Å². The number of pyridine rings is 1. The molecule has 154 valence electrons. The van der Waals surface area contributed by atoms with Crippen molar-refractivity contribution in [2.75, 3.05) is 20.3 Å². The summed E-state index contributed by atoms with van der Waals surface area (Å²) in [4.78, 5) is 39.2. The molecule has 0 radical (unpaired) electrons. The summed E-state index contributed by atoms with van der Waals surface area (Å²) in [5.41, 5.74) is -0.310. The average Bonchev–Trinajstić information content (AvgIpc) is 2.70. The molecule has 2 aromatic rings. The number of carbonyl (C=O) groups is 2. The van der Waals surface area contributed by atoms with Crippen molar-refractivity contribution in [3.63, 3.8) is 0 Å². The Labute approximate surface area is 168 Å². The molecule has 8 heteroatoms. The second-order valence-electron chi connectivity index (χ2n) is 6.98. The van der Waals surface area contributed by atoms with E-state index in [1.165, 1.54) is 10.8 Å². The van der Waals surface area contributed by atoms with Crippen molar-refractivity contribution >= 4 is 11.9 Å². The lowest BCUT2D eigenvalue weighted by molar-refractivity contribution is 0.0572. The van der Waals surface area contributed by atoms with E-state index in [4.69, 9.17) is 9.47 Å². The monoisotopic (exact) mass is 400 g/mol. The highest BCUT2D eigenvalue weighted by Gasteiger charge is 2.34. The van der Waals surface area contributed by atoms with Gasteiger partial charge in [0.1, 0.15) is 12.2 Å². The van der Waals surface area contributed by atoms with Crippen LogP contribution in [0.15, 0.2) is 41.3 Å². The van der Waals surface area contributed by atoms with Crippen molar-refractivity contribution in [1.82, 2.24) is 9.47 Å². The van der Waals surface area contributed by atoms with Gasteiger partial charge in [-0.15, -0.1) is 0 Å². The van der Waals surface area contributed by atoms with Gasteiger partial charge in [-0.1, -0.05) is 30.3 Å². The first-order valence-electron chi connectivity index (χ1n) is 9.41. The van der Waals surface area contributed by atoms with Crippen LogP contribution in [0.3, 0.4) is 0 Å². The molecule has 0 unspecified atom stereocenters. The van der Waals surface area contributed by atoms with Crippen LogP contribution in [0.5, 0.6) is 5.75 Å². The largest absolute Gasteiger partial charge is 0.483 e. The second-order valence-corrected chi connectivity index (χ2v) is 6.98. The quantitative estimate of drug-likeness (QED) is 0.681. The zero-order valence-corrected chi connectivity index (χ0v) is 16.5. The normalized spacial score (nSPS) is 15.9. The van der Waals surface area contributed by atoms with E-state index in [2.05, 4.69) is 0 Å². The molecule has 1 N–H and O–H groups in total. The molecule has 29 heavy (non-hydrogen) atoms. The summed E-state index contributed by atoms with van der Waals surface area (Å²) < 4.78 is 12.3. The van der Waals surface area contributed by atoms with E-state index in [0.29, 0.717) is 26.1 Å². The molecule has 1 aliphatic rings. The minimum atomic E-state index is -1.35. The molecular weight excluding hydrogens is 376 g/mol. The van der Waals surface area contributed by atoms with E-state index in [1.807, 2.05) is 37.3 Å². The predicted octanol–water partition coefficient (Wildman–Crippen LogP) is 2.01. The Morgan fingerprint density at radius 2 is 1.97 bits per heavy atom. The summed E-state index contributed by atoms with van der Waals surface area (Å²) in [6, 6.07) is 9.02. The SMILES string of the molecule is COCCCN1C(=O)c2c(OCc3ccccc3)c(=O)c(C(=O)O)cn2C[C@@H]1C. The Bertz CT molecular complexity index is 954. The highest BCUT2D eigenvalue weighted by Crippen LogP contribution is 2.25. The predicted molar refractivity (Wildman–Crippen MR) is 105 cm³/mol. The molecule has 1 aliphatic heterocycles. The number of methoxy groups -OCH3 is 1. The molecular formula is C21H24N2O6. The summed E-state index contributed by atoms with van der Waals surface area (Å²) in [6.45, 7) is 3.30. The van der Waals surface area contributed by atoms with Crippen LogP contribution in [0.2, 0.25) is 0 Å². The van der Waals surface area contributed by atoms with Crippen molar-refractivity contribution in [3.05, 3.63) is 63.6 Å². The standard InChI is InChI=1S/C21H24N2O6/c1-14-11-22-12-16(21(26)27)18(24)19(29-13-15-7-4-3-5-8-15)17(22)20(25)23(14)9-6-10-28-2/h3-5,7-8,12,14H,6,9-11,13H2,1-2H3,(H,26,27)/t14-/m0/s1. The van der Waals surface area contributed by atoms with E-state index in [-0.39, 0.29) is 30.0 Å². The Morgan fingerprint density at radius 1 is 1.24 bits per heavy atom. The maximum atomic E-state index is 13.2. The summed E-state index contributed by atoms with van der Waals surface area (Å²) in [6.07, 6.45) is 1.89. The summed E-state index contributed by atoms with van der Waals surface area (Å²) in [5, 5.41) is 9.43. The minimum Gasteiger partial charge on any atom is -0.483 e. The zero-order valence-electron chi connectivity index (χ0n) is 16.5. The van der Waals surface area contributed by atoms with Crippen LogP contribution in [0.1, 0.15) is 39.8 Å². The molecule has 1 atom stereocenters. The van der Waals surface area contributed by atoms with Gasteiger partial charge in [-0.3, -0.25) is 9.59 Å². The lowest BCUT2D eigenvalue weighted by Gasteiger charge is -2.36. The van der Waals surface area contributed by atoms with Crippen molar-refractivity contribution in [2.45, 2.75) is 32.5 Å². The topological polar surface area (TPSA) is 98.1 Å². The van der Waals surface area contributed by atoms with E-state index in [9.17, 15) is 19.5 Å². The van der Waals surface area contributed by atoms with Gasteiger partial charge in [0.05, 0.1) is 0 Å². The number of amides is 1. The molecule has 1 amide bonds. The number of carboxylic acids is 1. The molecule has 8 nitrogen and oxygen atoms in total. The van der Waals surface area contributed by atoms with Crippen LogP contribution in [0.4, 0.5) is 0 Å². The Morgan fingerprint density at radius 3 is 2.62 bits per heavy atom. The van der Waals surface area contributed by atoms with E-state index in [0.717, 1.165) is 5.56 Å². The molecule has 3 rings (SSSR count). The number of rotatable bonds is 8. The highest BCUT2D eigenvalue weighted by atomic mass is 16.5. The van der Waals surface area contributed by atoms with Crippen LogP contribution in [0, 0.1) is 0 Å². The fourth-order valence-electron chi connectivity index (χ4n) is 3.44. The van der Waals surface area contributed by atoms with Crippen LogP contribution < -0.4 is 10.2 Å². The molecule has 0 fully saturated rings. The molecule has 0 spiro atoms. The maximum absolute atomic E-state index is 13.2. The number of nitrogens with zero attached hydrogens (tertiary/aromatic N) is 2. The second kappa shape index (κ2) is 8.91. The van der Waals surface area contributed by atoms with Crippen molar-refractivity contribution < 1.29 is 24.2 Å². The van der Waals surface area contributed by atoms with Crippen LogP contribution in [-0.4, -0.2) is 52.8 Å². The third kappa shape index (κ3) is 4.32. The lowest BCUT2D eigenvalue weighted by atomic mass is 10.1. The van der Waals surface area contributed by atoms with Crippen molar-refractivity contribution in [3.8, 4) is 5.75 Å². The Kier molecular flexibility index (Phi) is 6.33. The molecule has 1 aromatic heterocycles. The first kappa shape index (κ1) is 20.6. The van der Waals surface area contributed by atoms with E-state index < -0.39 is 17.0 Å². The zero-order chi connectivity index (χ0) is 21.0. The fraction of sp³-hybridized carbons (Fsp3) is 0.381. The summed E-state index contributed by atoms with van der Waals surface area (Å²) in [7, 11) is 1.60. The number of carbonyl (C=O) groups excluding carboxylic acids is 1. The Hall–Kier alpha value is -3.13. The fourth-order valence-corrected chi connectivity index (χ4v) is 3.44.